The Morgan fingerprint density at radius 2 is 1.52 bits per heavy atom. The first kappa shape index (κ1) is 22.1. The summed E-state index contributed by atoms with van der Waals surface area (Å²) in [6.45, 7) is 2.18. The molecule has 2 aliphatic rings. The molecule has 0 heterocycles. The van der Waals surface area contributed by atoms with Gasteiger partial charge in [-0.25, -0.2) is 0 Å². The van der Waals surface area contributed by atoms with Crippen LogP contribution in [0.3, 0.4) is 0 Å². The van der Waals surface area contributed by atoms with Crippen molar-refractivity contribution >= 4 is 11.7 Å². The molecule has 0 saturated heterocycles. The molecule has 29 heavy (non-hydrogen) atoms. The highest BCUT2D eigenvalue weighted by Crippen LogP contribution is 2.35. The van der Waals surface area contributed by atoms with Gasteiger partial charge in [-0.05, 0) is 50.2 Å². The van der Waals surface area contributed by atoms with Gasteiger partial charge in [0.2, 0.25) is 0 Å². The van der Waals surface area contributed by atoms with E-state index >= 15 is 0 Å². The highest BCUT2D eigenvalue weighted by atomic mass is 16.2. The summed E-state index contributed by atoms with van der Waals surface area (Å²) >= 11 is 0. The van der Waals surface area contributed by atoms with Gasteiger partial charge in [-0.15, -0.1) is 0 Å². The summed E-state index contributed by atoms with van der Waals surface area (Å²) in [5.41, 5.74) is 0.736. The lowest BCUT2D eigenvalue weighted by atomic mass is 9.79. The van der Waals surface area contributed by atoms with Gasteiger partial charge in [-0.3, -0.25) is 9.59 Å². The van der Waals surface area contributed by atoms with Crippen LogP contribution in [0.5, 0.6) is 0 Å². The molecule has 3 nitrogen and oxygen atoms in total. The number of benzene rings is 1. The Bertz CT molecular complexity index is 629. The molecule has 1 atom stereocenters. The summed E-state index contributed by atoms with van der Waals surface area (Å²) in [5.74, 6) is 0.740. The quantitative estimate of drug-likeness (QED) is 0.442. The van der Waals surface area contributed by atoms with Gasteiger partial charge in [0, 0.05) is 18.0 Å². The summed E-state index contributed by atoms with van der Waals surface area (Å²) in [4.78, 5) is 29.4. The molecular formula is C26H39NO2. The molecule has 1 aromatic carbocycles. The molecular weight excluding hydrogens is 358 g/mol. The number of hydrogen-bond donors (Lipinski definition) is 0. The van der Waals surface area contributed by atoms with E-state index in [1.807, 2.05) is 30.3 Å². The number of unbranched alkanes of at least 4 members (excludes halogenated alkanes) is 2. The van der Waals surface area contributed by atoms with Crippen molar-refractivity contribution in [2.24, 2.45) is 5.92 Å². The van der Waals surface area contributed by atoms with Gasteiger partial charge in [-0.1, -0.05) is 76.5 Å². The van der Waals surface area contributed by atoms with Crippen LogP contribution in [-0.4, -0.2) is 28.7 Å². The maximum Gasteiger partial charge on any atom is 0.254 e. The Morgan fingerprint density at radius 3 is 2.14 bits per heavy atom. The van der Waals surface area contributed by atoms with Crippen molar-refractivity contribution in [1.82, 2.24) is 4.90 Å². The molecule has 0 bridgehead atoms. The van der Waals surface area contributed by atoms with Crippen LogP contribution in [0.25, 0.3) is 0 Å². The predicted molar refractivity (Wildman–Crippen MR) is 119 cm³/mol. The molecule has 2 fully saturated rings. The Labute approximate surface area is 177 Å². The van der Waals surface area contributed by atoms with Gasteiger partial charge in [0.05, 0.1) is 6.04 Å². The van der Waals surface area contributed by atoms with Crippen LogP contribution >= 0.6 is 0 Å². The molecule has 0 aromatic heterocycles. The number of Topliss-reactive ketones (excluding diaryl/α,β-unsaturated/α-hetero) is 1. The van der Waals surface area contributed by atoms with Gasteiger partial charge in [0.1, 0.15) is 0 Å². The molecule has 1 aromatic rings. The minimum atomic E-state index is -0.219. The van der Waals surface area contributed by atoms with E-state index in [1.54, 1.807) is 0 Å². The van der Waals surface area contributed by atoms with E-state index in [0.717, 1.165) is 50.5 Å². The van der Waals surface area contributed by atoms with Crippen molar-refractivity contribution in [2.75, 3.05) is 0 Å². The van der Waals surface area contributed by atoms with Crippen molar-refractivity contribution in [3.05, 3.63) is 35.9 Å². The minimum Gasteiger partial charge on any atom is -0.325 e. The molecule has 2 saturated carbocycles. The van der Waals surface area contributed by atoms with Crippen molar-refractivity contribution < 1.29 is 9.59 Å². The third-order valence-corrected chi connectivity index (χ3v) is 6.98. The molecule has 1 amide bonds. The number of nitrogens with zero attached hydrogens (tertiary/aromatic N) is 1. The second-order valence-electron chi connectivity index (χ2n) is 9.14. The van der Waals surface area contributed by atoms with Crippen molar-refractivity contribution in [1.29, 1.82) is 0 Å². The zero-order valence-electron chi connectivity index (χ0n) is 18.3. The highest BCUT2D eigenvalue weighted by Gasteiger charge is 2.40. The monoisotopic (exact) mass is 397 g/mol. The van der Waals surface area contributed by atoms with E-state index in [0.29, 0.717) is 18.1 Å². The average Bonchev–Trinajstić information content (AvgIpc) is 2.79. The van der Waals surface area contributed by atoms with E-state index in [4.69, 9.17) is 0 Å². The number of carbonyl (C=O) groups is 2. The fourth-order valence-electron chi connectivity index (χ4n) is 5.40. The molecule has 3 heteroatoms. The van der Waals surface area contributed by atoms with Crippen LogP contribution in [0.2, 0.25) is 0 Å². The predicted octanol–water partition coefficient (Wildman–Crippen LogP) is 6.56. The normalized spacial score (nSPS) is 19.6. The van der Waals surface area contributed by atoms with Gasteiger partial charge in [-0.2, -0.15) is 0 Å². The maximum atomic E-state index is 13.7. The fourth-order valence-corrected chi connectivity index (χ4v) is 5.40. The maximum absolute atomic E-state index is 13.7. The third-order valence-electron chi connectivity index (χ3n) is 6.98. The van der Waals surface area contributed by atoms with Crippen LogP contribution < -0.4 is 0 Å². The van der Waals surface area contributed by atoms with Crippen LogP contribution in [0.4, 0.5) is 0 Å². The van der Waals surface area contributed by atoms with Crippen LogP contribution in [-0.2, 0) is 4.79 Å². The lowest BCUT2D eigenvalue weighted by Gasteiger charge is -2.43. The summed E-state index contributed by atoms with van der Waals surface area (Å²) in [7, 11) is 0. The minimum absolute atomic E-state index is 0.0805. The summed E-state index contributed by atoms with van der Waals surface area (Å²) < 4.78 is 0. The Morgan fingerprint density at radius 1 is 0.897 bits per heavy atom. The molecule has 0 radical (unpaired) electrons. The molecule has 0 aliphatic heterocycles. The Hall–Kier alpha value is -1.64. The number of amides is 1. The number of hydrogen-bond acceptors (Lipinski definition) is 2. The lowest BCUT2D eigenvalue weighted by Crippen LogP contribution is -2.54. The molecule has 0 spiro atoms. The highest BCUT2D eigenvalue weighted by molar-refractivity contribution is 5.98. The van der Waals surface area contributed by atoms with Gasteiger partial charge in [0.15, 0.2) is 5.78 Å². The van der Waals surface area contributed by atoms with Crippen LogP contribution in [0, 0.1) is 5.92 Å². The standard InChI is InChI=1S/C26H39NO2/c1-2-3-7-20-24(28)25(21-14-8-4-9-15-21)27(23-18-12-6-13-19-23)26(29)22-16-10-5-11-17-22/h5,10-11,16-17,21,23,25H,2-4,6-9,12-15,18-20H2,1H3. The first-order valence-electron chi connectivity index (χ1n) is 12.1. The smallest absolute Gasteiger partial charge is 0.254 e. The van der Waals surface area contributed by atoms with E-state index in [1.165, 1.54) is 38.5 Å². The number of ketones is 1. The van der Waals surface area contributed by atoms with Gasteiger partial charge < -0.3 is 4.90 Å². The van der Waals surface area contributed by atoms with E-state index in [-0.39, 0.29) is 18.0 Å². The van der Waals surface area contributed by atoms with E-state index < -0.39 is 0 Å². The molecule has 160 valence electrons. The first-order chi connectivity index (χ1) is 14.2. The topological polar surface area (TPSA) is 37.4 Å². The van der Waals surface area contributed by atoms with Crippen LogP contribution in [0.15, 0.2) is 30.3 Å². The van der Waals surface area contributed by atoms with Crippen molar-refractivity contribution in [2.45, 2.75) is 109 Å². The Kier molecular flexibility index (Phi) is 8.76. The number of carbonyl (C=O) groups excluding carboxylic acids is 2. The second kappa shape index (κ2) is 11.5. The fraction of sp³-hybridized carbons (Fsp3) is 0.692. The zero-order valence-corrected chi connectivity index (χ0v) is 18.3. The number of rotatable bonds is 9. The second-order valence-corrected chi connectivity index (χ2v) is 9.14. The average molecular weight is 398 g/mol. The zero-order chi connectivity index (χ0) is 20.5. The summed E-state index contributed by atoms with van der Waals surface area (Å²) in [6, 6.07) is 9.66. The van der Waals surface area contributed by atoms with Gasteiger partial charge in [0.25, 0.3) is 5.91 Å². The molecule has 1 unspecified atom stereocenters. The molecule has 2 aliphatic carbocycles. The summed E-state index contributed by atoms with van der Waals surface area (Å²) in [6.07, 6.45) is 15.3. The molecule has 3 rings (SSSR count). The van der Waals surface area contributed by atoms with Crippen LogP contribution in [0.1, 0.15) is 107 Å². The first-order valence-corrected chi connectivity index (χ1v) is 12.1. The SMILES string of the molecule is CCCCCC(=O)C(C1CCCCC1)N(C(=O)c1ccccc1)C1CCCCC1. The van der Waals surface area contributed by atoms with E-state index in [2.05, 4.69) is 11.8 Å². The molecule has 0 N–H and O–H groups in total. The van der Waals surface area contributed by atoms with Crippen molar-refractivity contribution in [3.63, 3.8) is 0 Å². The largest absolute Gasteiger partial charge is 0.325 e. The van der Waals surface area contributed by atoms with Gasteiger partial charge >= 0.3 is 0 Å². The summed E-state index contributed by atoms with van der Waals surface area (Å²) in [5, 5.41) is 0. The lowest BCUT2D eigenvalue weighted by molar-refractivity contribution is -0.127. The third kappa shape index (κ3) is 5.93. The van der Waals surface area contributed by atoms with E-state index in [9.17, 15) is 9.59 Å². The van der Waals surface area contributed by atoms with Crippen molar-refractivity contribution in [3.8, 4) is 0 Å². The Balaban J connectivity index is 1.91.